The molecular weight excluding hydrogens is 507 g/mol. The van der Waals surface area contributed by atoms with Crippen molar-refractivity contribution in [1.29, 1.82) is 0 Å². The molecular formula is C28H19Cl2F2NO3. The summed E-state index contributed by atoms with van der Waals surface area (Å²) in [5, 5.41) is 3.48. The Kier molecular flexibility index (Phi) is 7.67. The monoisotopic (exact) mass is 525 g/mol. The van der Waals surface area contributed by atoms with Gasteiger partial charge in [-0.3, -0.25) is 9.59 Å². The molecule has 4 rings (SSSR count). The van der Waals surface area contributed by atoms with Gasteiger partial charge in [0, 0.05) is 27.4 Å². The molecule has 0 aliphatic rings. The second-order valence-corrected chi connectivity index (χ2v) is 8.89. The first kappa shape index (κ1) is 25.4. The van der Waals surface area contributed by atoms with Gasteiger partial charge in [-0.05, 0) is 66.6 Å². The standard InChI is InChI=1S/C28H19Cl2F2NO3/c1-16-2-8-21(9-3-16)33-28(35)23-12-17(22-10-7-20(31)15-25(22)32)5-11-26(23)36-27(34)13-18-4-6-19(29)14-24(18)30/h2-12,14-15H,13H2,1H3,(H,33,35). The zero-order valence-electron chi connectivity index (χ0n) is 18.9. The molecule has 0 saturated heterocycles. The molecule has 1 N–H and O–H groups in total. The molecule has 0 saturated carbocycles. The van der Waals surface area contributed by atoms with Crippen LogP contribution < -0.4 is 10.1 Å². The third-order valence-electron chi connectivity index (χ3n) is 5.35. The van der Waals surface area contributed by atoms with Gasteiger partial charge in [-0.1, -0.05) is 53.0 Å². The summed E-state index contributed by atoms with van der Waals surface area (Å²) >= 11 is 12.1. The van der Waals surface area contributed by atoms with Gasteiger partial charge < -0.3 is 10.1 Å². The van der Waals surface area contributed by atoms with E-state index in [1.807, 2.05) is 19.1 Å². The van der Waals surface area contributed by atoms with Crippen molar-refractivity contribution in [3.05, 3.63) is 117 Å². The minimum atomic E-state index is -0.790. The summed E-state index contributed by atoms with van der Waals surface area (Å²) in [5.74, 6) is -2.78. The number of benzene rings is 4. The summed E-state index contributed by atoms with van der Waals surface area (Å²) in [6.07, 6.45) is -0.163. The van der Waals surface area contributed by atoms with E-state index < -0.39 is 23.5 Å². The quantitative estimate of drug-likeness (QED) is 0.208. The number of amides is 1. The maximum Gasteiger partial charge on any atom is 0.315 e. The molecule has 4 nitrogen and oxygen atoms in total. The lowest BCUT2D eigenvalue weighted by Crippen LogP contribution is -2.17. The van der Waals surface area contributed by atoms with Crippen molar-refractivity contribution in [2.75, 3.05) is 5.32 Å². The van der Waals surface area contributed by atoms with Gasteiger partial charge in [-0.25, -0.2) is 8.78 Å². The molecule has 8 heteroatoms. The molecule has 0 heterocycles. The summed E-state index contributed by atoms with van der Waals surface area (Å²) in [7, 11) is 0. The van der Waals surface area contributed by atoms with Crippen molar-refractivity contribution >= 4 is 40.8 Å². The van der Waals surface area contributed by atoms with Crippen LogP contribution in [0.15, 0.2) is 78.9 Å². The number of anilines is 1. The van der Waals surface area contributed by atoms with Crippen molar-refractivity contribution in [3.63, 3.8) is 0 Å². The Morgan fingerprint density at radius 3 is 2.33 bits per heavy atom. The normalized spacial score (nSPS) is 10.7. The SMILES string of the molecule is Cc1ccc(NC(=O)c2cc(-c3ccc(F)cc3F)ccc2OC(=O)Cc2ccc(Cl)cc2Cl)cc1. The molecule has 4 aromatic rings. The van der Waals surface area contributed by atoms with Crippen LogP contribution in [0.5, 0.6) is 5.75 Å². The fourth-order valence-corrected chi connectivity index (χ4v) is 3.98. The van der Waals surface area contributed by atoms with Crippen LogP contribution in [0, 0.1) is 18.6 Å². The van der Waals surface area contributed by atoms with Crippen molar-refractivity contribution in [1.82, 2.24) is 0 Å². The van der Waals surface area contributed by atoms with Crippen molar-refractivity contribution in [2.45, 2.75) is 13.3 Å². The minimum absolute atomic E-state index is 0.00708. The Labute approximate surface area is 216 Å². The summed E-state index contributed by atoms with van der Waals surface area (Å²) in [6.45, 7) is 1.91. The highest BCUT2D eigenvalue weighted by Gasteiger charge is 2.19. The van der Waals surface area contributed by atoms with Crippen LogP contribution in [-0.4, -0.2) is 11.9 Å². The number of hydrogen-bond acceptors (Lipinski definition) is 3. The summed E-state index contributed by atoms with van der Waals surface area (Å²) in [6, 6.07) is 19.2. The van der Waals surface area contributed by atoms with E-state index in [1.54, 1.807) is 24.3 Å². The molecule has 0 aliphatic carbocycles. The van der Waals surface area contributed by atoms with Gasteiger partial charge in [-0.2, -0.15) is 0 Å². The van der Waals surface area contributed by atoms with E-state index in [4.69, 9.17) is 27.9 Å². The lowest BCUT2D eigenvalue weighted by molar-refractivity contribution is -0.133. The number of carbonyl (C=O) groups excluding carboxylic acids is 2. The minimum Gasteiger partial charge on any atom is -0.425 e. The van der Waals surface area contributed by atoms with Gasteiger partial charge in [0.1, 0.15) is 17.4 Å². The first-order valence-corrected chi connectivity index (χ1v) is 11.6. The Bertz CT molecular complexity index is 1460. The average Bonchev–Trinajstić information content (AvgIpc) is 2.83. The van der Waals surface area contributed by atoms with Crippen LogP contribution in [0.2, 0.25) is 10.0 Å². The van der Waals surface area contributed by atoms with E-state index in [9.17, 15) is 18.4 Å². The summed E-state index contributed by atoms with van der Waals surface area (Å²) in [5.41, 5.74) is 2.43. The number of ether oxygens (including phenoxy) is 1. The van der Waals surface area contributed by atoms with E-state index in [-0.39, 0.29) is 23.3 Å². The topological polar surface area (TPSA) is 55.4 Å². The van der Waals surface area contributed by atoms with Gasteiger partial charge in [0.05, 0.1) is 12.0 Å². The van der Waals surface area contributed by atoms with Crippen LogP contribution >= 0.6 is 23.2 Å². The van der Waals surface area contributed by atoms with Gasteiger partial charge in [0.2, 0.25) is 0 Å². The second-order valence-electron chi connectivity index (χ2n) is 8.04. The summed E-state index contributed by atoms with van der Waals surface area (Å²) in [4.78, 5) is 25.9. The van der Waals surface area contributed by atoms with Crippen molar-refractivity contribution in [2.24, 2.45) is 0 Å². The zero-order valence-corrected chi connectivity index (χ0v) is 20.5. The maximum absolute atomic E-state index is 14.4. The van der Waals surface area contributed by atoms with Crippen molar-refractivity contribution in [3.8, 4) is 16.9 Å². The predicted molar refractivity (Wildman–Crippen MR) is 137 cm³/mol. The first-order valence-electron chi connectivity index (χ1n) is 10.8. The second kappa shape index (κ2) is 10.9. The van der Waals surface area contributed by atoms with Crippen LogP contribution in [-0.2, 0) is 11.2 Å². The lowest BCUT2D eigenvalue weighted by Gasteiger charge is -2.14. The van der Waals surface area contributed by atoms with E-state index in [0.29, 0.717) is 26.9 Å². The molecule has 0 aliphatic heterocycles. The lowest BCUT2D eigenvalue weighted by atomic mass is 10.0. The third-order valence-corrected chi connectivity index (χ3v) is 5.94. The third kappa shape index (κ3) is 6.08. The zero-order chi connectivity index (χ0) is 25.8. The number of rotatable bonds is 6. The fraction of sp³-hybridized carbons (Fsp3) is 0.0714. The highest BCUT2D eigenvalue weighted by molar-refractivity contribution is 6.35. The van der Waals surface area contributed by atoms with E-state index in [0.717, 1.165) is 17.7 Å². The molecule has 1 amide bonds. The molecule has 0 atom stereocenters. The molecule has 0 radical (unpaired) electrons. The molecule has 0 unspecified atom stereocenters. The molecule has 182 valence electrons. The fourth-order valence-electron chi connectivity index (χ4n) is 3.50. The number of aryl methyl sites for hydroxylation is 1. The number of halogens is 4. The Balaban J connectivity index is 1.66. The van der Waals surface area contributed by atoms with Crippen LogP contribution in [0.1, 0.15) is 21.5 Å². The molecule has 4 aromatic carbocycles. The predicted octanol–water partition coefficient (Wildman–Crippen LogP) is 7.65. The van der Waals surface area contributed by atoms with Gasteiger partial charge in [-0.15, -0.1) is 0 Å². The number of esters is 1. The summed E-state index contributed by atoms with van der Waals surface area (Å²) < 4.78 is 33.3. The highest BCUT2D eigenvalue weighted by atomic mass is 35.5. The molecule has 0 fully saturated rings. The van der Waals surface area contributed by atoms with E-state index in [1.165, 1.54) is 30.3 Å². The molecule has 0 spiro atoms. The number of carbonyl (C=O) groups is 2. The van der Waals surface area contributed by atoms with E-state index in [2.05, 4.69) is 5.32 Å². The number of nitrogens with one attached hydrogen (secondary N) is 1. The first-order chi connectivity index (χ1) is 17.2. The van der Waals surface area contributed by atoms with Gasteiger partial charge in [0.15, 0.2) is 0 Å². The maximum atomic E-state index is 14.4. The van der Waals surface area contributed by atoms with Gasteiger partial charge in [0.25, 0.3) is 5.91 Å². The smallest absolute Gasteiger partial charge is 0.315 e. The largest absolute Gasteiger partial charge is 0.425 e. The molecule has 0 aromatic heterocycles. The molecule has 36 heavy (non-hydrogen) atoms. The Morgan fingerprint density at radius 2 is 1.64 bits per heavy atom. The van der Waals surface area contributed by atoms with Crippen LogP contribution in [0.25, 0.3) is 11.1 Å². The van der Waals surface area contributed by atoms with Crippen LogP contribution in [0.4, 0.5) is 14.5 Å². The van der Waals surface area contributed by atoms with Crippen LogP contribution in [0.3, 0.4) is 0 Å². The number of hydrogen-bond donors (Lipinski definition) is 1. The Hall–Kier alpha value is -3.74. The highest BCUT2D eigenvalue weighted by Crippen LogP contribution is 2.30. The average molecular weight is 526 g/mol. The van der Waals surface area contributed by atoms with Gasteiger partial charge >= 0.3 is 5.97 Å². The molecule has 0 bridgehead atoms. The van der Waals surface area contributed by atoms with E-state index >= 15 is 0 Å². The Morgan fingerprint density at radius 1 is 0.889 bits per heavy atom. The van der Waals surface area contributed by atoms with Crippen molar-refractivity contribution < 1.29 is 23.1 Å².